The van der Waals surface area contributed by atoms with Crippen LogP contribution >= 0.6 is 0 Å². The van der Waals surface area contributed by atoms with Crippen molar-refractivity contribution in [3.63, 3.8) is 0 Å². The minimum atomic E-state index is -0.159. The van der Waals surface area contributed by atoms with E-state index in [0.717, 1.165) is 11.3 Å². The number of aromatic nitrogens is 2. The SMILES string of the molecule is CCNC(=O)NCc1ccccc1-n1cccn1. The lowest BCUT2D eigenvalue weighted by Crippen LogP contribution is -2.34. The minimum Gasteiger partial charge on any atom is -0.338 e. The Morgan fingerprint density at radius 3 is 2.83 bits per heavy atom. The van der Waals surface area contributed by atoms with Gasteiger partial charge in [-0.1, -0.05) is 18.2 Å². The Labute approximate surface area is 106 Å². The molecular formula is C13H16N4O. The van der Waals surface area contributed by atoms with Crippen molar-refractivity contribution < 1.29 is 4.79 Å². The fourth-order valence-corrected chi connectivity index (χ4v) is 1.69. The third-order valence-corrected chi connectivity index (χ3v) is 2.52. The first-order chi connectivity index (χ1) is 8.81. The van der Waals surface area contributed by atoms with Crippen LogP contribution in [0, 0.1) is 0 Å². The molecule has 2 rings (SSSR count). The van der Waals surface area contributed by atoms with E-state index >= 15 is 0 Å². The Morgan fingerprint density at radius 2 is 2.11 bits per heavy atom. The molecule has 1 aromatic heterocycles. The Bertz CT molecular complexity index is 507. The second kappa shape index (κ2) is 5.86. The molecule has 0 saturated carbocycles. The number of nitrogens with one attached hydrogen (secondary N) is 2. The van der Waals surface area contributed by atoms with Crippen molar-refractivity contribution in [2.24, 2.45) is 0 Å². The zero-order valence-electron chi connectivity index (χ0n) is 10.3. The fraction of sp³-hybridized carbons (Fsp3) is 0.231. The van der Waals surface area contributed by atoms with E-state index in [4.69, 9.17) is 0 Å². The van der Waals surface area contributed by atoms with Gasteiger partial charge in [0.1, 0.15) is 0 Å². The van der Waals surface area contributed by atoms with Gasteiger partial charge in [0.25, 0.3) is 0 Å². The van der Waals surface area contributed by atoms with Gasteiger partial charge in [-0.3, -0.25) is 0 Å². The zero-order valence-corrected chi connectivity index (χ0v) is 10.3. The fourth-order valence-electron chi connectivity index (χ4n) is 1.69. The molecule has 0 aliphatic heterocycles. The first kappa shape index (κ1) is 12.2. The van der Waals surface area contributed by atoms with Gasteiger partial charge < -0.3 is 10.6 Å². The summed E-state index contributed by atoms with van der Waals surface area (Å²) in [6, 6.07) is 9.56. The molecule has 0 aliphatic carbocycles. The van der Waals surface area contributed by atoms with Gasteiger partial charge in [0, 0.05) is 25.5 Å². The molecule has 1 aromatic carbocycles. The molecule has 0 spiro atoms. The molecule has 2 amide bonds. The second-order valence-electron chi connectivity index (χ2n) is 3.79. The lowest BCUT2D eigenvalue weighted by Gasteiger charge is -2.10. The van der Waals surface area contributed by atoms with Crippen LogP contribution in [0.5, 0.6) is 0 Å². The highest BCUT2D eigenvalue weighted by molar-refractivity contribution is 5.73. The lowest BCUT2D eigenvalue weighted by molar-refractivity contribution is 0.241. The molecule has 0 unspecified atom stereocenters. The summed E-state index contributed by atoms with van der Waals surface area (Å²) in [5.41, 5.74) is 1.99. The molecule has 2 aromatic rings. The van der Waals surface area contributed by atoms with Crippen LogP contribution in [-0.2, 0) is 6.54 Å². The van der Waals surface area contributed by atoms with Gasteiger partial charge in [0.15, 0.2) is 0 Å². The van der Waals surface area contributed by atoms with Crippen LogP contribution in [0.2, 0.25) is 0 Å². The van der Waals surface area contributed by atoms with E-state index in [1.54, 1.807) is 10.9 Å². The van der Waals surface area contributed by atoms with Gasteiger partial charge in [-0.15, -0.1) is 0 Å². The summed E-state index contributed by atoms with van der Waals surface area (Å²) in [7, 11) is 0. The number of rotatable bonds is 4. The van der Waals surface area contributed by atoms with Crippen LogP contribution in [0.4, 0.5) is 4.79 Å². The average molecular weight is 244 g/mol. The van der Waals surface area contributed by atoms with Crippen LogP contribution < -0.4 is 10.6 Å². The molecule has 0 radical (unpaired) electrons. The van der Waals surface area contributed by atoms with Crippen LogP contribution in [0.15, 0.2) is 42.7 Å². The molecule has 0 fully saturated rings. The van der Waals surface area contributed by atoms with Crippen LogP contribution in [0.25, 0.3) is 5.69 Å². The molecule has 0 bridgehead atoms. The number of para-hydroxylation sites is 1. The Balaban J connectivity index is 2.11. The summed E-state index contributed by atoms with van der Waals surface area (Å²) in [4.78, 5) is 11.4. The number of nitrogens with zero attached hydrogens (tertiary/aromatic N) is 2. The molecule has 94 valence electrons. The monoisotopic (exact) mass is 244 g/mol. The van der Waals surface area contributed by atoms with E-state index in [1.165, 1.54) is 0 Å². The van der Waals surface area contributed by atoms with Crippen molar-refractivity contribution >= 4 is 6.03 Å². The second-order valence-corrected chi connectivity index (χ2v) is 3.79. The van der Waals surface area contributed by atoms with Crippen LogP contribution in [-0.4, -0.2) is 22.4 Å². The van der Waals surface area contributed by atoms with E-state index in [2.05, 4.69) is 15.7 Å². The summed E-state index contributed by atoms with van der Waals surface area (Å²) in [6.45, 7) is 2.98. The van der Waals surface area contributed by atoms with Crippen molar-refractivity contribution in [2.45, 2.75) is 13.5 Å². The Hall–Kier alpha value is -2.30. The first-order valence-electron chi connectivity index (χ1n) is 5.91. The number of carbonyl (C=O) groups is 1. The number of urea groups is 1. The minimum absolute atomic E-state index is 0.159. The predicted octanol–water partition coefficient (Wildman–Crippen LogP) is 1.69. The summed E-state index contributed by atoms with van der Waals surface area (Å²) >= 11 is 0. The molecule has 2 N–H and O–H groups in total. The third kappa shape index (κ3) is 2.88. The number of hydrogen-bond donors (Lipinski definition) is 2. The van der Waals surface area contributed by atoms with Gasteiger partial charge >= 0.3 is 6.03 Å². The number of amides is 2. The molecular weight excluding hydrogens is 228 g/mol. The van der Waals surface area contributed by atoms with Gasteiger partial charge in [-0.25, -0.2) is 9.48 Å². The average Bonchev–Trinajstić information content (AvgIpc) is 2.91. The lowest BCUT2D eigenvalue weighted by atomic mass is 10.2. The molecule has 0 atom stereocenters. The summed E-state index contributed by atoms with van der Waals surface area (Å²) in [6.07, 6.45) is 3.61. The van der Waals surface area contributed by atoms with Gasteiger partial charge in [-0.2, -0.15) is 5.10 Å². The maximum absolute atomic E-state index is 11.4. The quantitative estimate of drug-likeness (QED) is 0.859. The van der Waals surface area contributed by atoms with Crippen molar-refractivity contribution in [1.29, 1.82) is 0 Å². The van der Waals surface area contributed by atoms with Crippen molar-refractivity contribution in [3.8, 4) is 5.69 Å². The highest BCUT2D eigenvalue weighted by Gasteiger charge is 2.05. The predicted molar refractivity (Wildman–Crippen MR) is 69.5 cm³/mol. The van der Waals surface area contributed by atoms with E-state index in [0.29, 0.717) is 13.1 Å². The van der Waals surface area contributed by atoms with Crippen LogP contribution in [0.3, 0.4) is 0 Å². The maximum atomic E-state index is 11.4. The molecule has 0 aliphatic rings. The molecule has 18 heavy (non-hydrogen) atoms. The smallest absolute Gasteiger partial charge is 0.315 e. The van der Waals surface area contributed by atoms with Crippen LogP contribution in [0.1, 0.15) is 12.5 Å². The highest BCUT2D eigenvalue weighted by atomic mass is 16.2. The van der Waals surface area contributed by atoms with Gasteiger partial charge in [0.05, 0.1) is 5.69 Å². The molecule has 5 heteroatoms. The summed E-state index contributed by atoms with van der Waals surface area (Å²) in [5.74, 6) is 0. The topological polar surface area (TPSA) is 59.0 Å². The molecule has 5 nitrogen and oxygen atoms in total. The number of hydrogen-bond acceptors (Lipinski definition) is 2. The van der Waals surface area contributed by atoms with E-state index < -0.39 is 0 Å². The van der Waals surface area contributed by atoms with E-state index in [1.807, 2.05) is 43.5 Å². The Kier molecular flexibility index (Phi) is 3.96. The standard InChI is InChI=1S/C13H16N4O/c1-2-14-13(18)15-10-11-6-3-4-7-12(11)17-9-5-8-16-17/h3-9H,2,10H2,1H3,(H2,14,15,18). The van der Waals surface area contributed by atoms with Crippen molar-refractivity contribution in [2.75, 3.05) is 6.54 Å². The highest BCUT2D eigenvalue weighted by Crippen LogP contribution is 2.12. The van der Waals surface area contributed by atoms with Crippen molar-refractivity contribution in [3.05, 3.63) is 48.3 Å². The maximum Gasteiger partial charge on any atom is 0.315 e. The van der Waals surface area contributed by atoms with Crippen molar-refractivity contribution in [1.82, 2.24) is 20.4 Å². The first-order valence-corrected chi connectivity index (χ1v) is 5.91. The van der Waals surface area contributed by atoms with E-state index in [-0.39, 0.29) is 6.03 Å². The number of benzene rings is 1. The largest absolute Gasteiger partial charge is 0.338 e. The van der Waals surface area contributed by atoms with Gasteiger partial charge in [-0.05, 0) is 24.6 Å². The zero-order chi connectivity index (χ0) is 12.8. The third-order valence-electron chi connectivity index (χ3n) is 2.52. The molecule has 1 heterocycles. The Morgan fingerprint density at radius 1 is 1.28 bits per heavy atom. The van der Waals surface area contributed by atoms with Gasteiger partial charge in [0.2, 0.25) is 0 Å². The summed E-state index contributed by atoms with van der Waals surface area (Å²) in [5, 5.41) is 9.71. The summed E-state index contributed by atoms with van der Waals surface area (Å²) < 4.78 is 1.79. The molecule has 0 saturated heterocycles. The van der Waals surface area contributed by atoms with E-state index in [9.17, 15) is 4.79 Å². The number of carbonyl (C=O) groups excluding carboxylic acids is 1. The normalized spacial score (nSPS) is 10.1.